The topological polar surface area (TPSA) is 17.8 Å². The Balaban J connectivity index is 2.60. The fourth-order valence-electron chi connectivity index (χ4n) is 1.71. The third-order valence-corrected chi connectivity index (χ3v) is 3.74. The van der Waals surface area contributed by atoms with Crippen LogP contribution >= 0.6 is 27.5 Å². The molecule has 0 saturated carbocycles. The van der Waals surface area contributed by atoms with Gasteiger partial charge in [-0.25, -0.2) is 4.39 Å². The quantitative estimate of drug-likeness (QED) is 0.801. The second-order valence-corrected chi connectivity index (χ2v) is 4.95. The van der Waals surface area contributed by atoms with Gasteiger partial charge in [-0.05, 0) is 48.0 Å². The van der Waals surface area contributed by atoms with E-state index in [1.807, 2.05) is 18.5 Å². The maximum Gasteiger partial charge on any atom is 0.125 e. The van der Waals surface area contributed by atoms with Gasteiger partial charge in [0, 0.05) is 17.1 Å². The molecule has 0 N–H and O–H groups in total. The van der Waals surface area contributed by atoms with Crippen molar-refractivity contribution in [3.63, 3.8) is 0 Å². The molecule has 0 atom stereocenters. The maximum absolute atomic E-state index is 13.3. The molecule has 0 fully saturated rings. The van der Waals surface area contributed by atoms with Crippen molar-refractivity contribution in [1.82, 2.24) is 9.78 Å². The Morgan fingerprint density at radius 2 is 2.12 bits per heavy atom. The number of nitrogens with zero attached hydrogens (tertiary/aromatic N) is 2. The van der Waals surface area contributed by atoms with Crippen LogP contribution in [0.4, 0.5) is 4.39 Å². The van der Waals surface area contributed by atoms with Crippen molar-refractivity contribution in [2.45, 2.75) is 20.4 Å². The van der Waals surface area contributed by atoms with Crippen molar-refractivity contribution in [2.75, 3.05) is 0 Å². The summed E-state index contributed by atoms with van der Waals surface area (Å²) in [6, 6.07) is 4.41. The Bertz CT molecular complexity index is 546. The van der Waals surface area contributed by atoms with Crippen molar-refractivity contribution < 1.29 is 4.39 Å². The van der Waals surface area contributed by atoms with Crippen LogP contribution in [-0.4, -0.2) is 9.78 Å². The number of hydrogen-bond donors (Lipinski definition) is 0. The van der Waals surface area contributed by atoms with Gasteiger partial charge in [0.25, 0.3) is 0 Å². The minimum atomic E-state index is -0.358. The van der Waals surface area contributed by atoms with Gasteiger partial charge in [-0.3, -0.25) is 4.68 Å². The van der Waals surface area contributed by atoms with Gasteiger partial charge in [-0.15, -0.1) is 0 Å². The molecule has 0 aliphatic carbocycles. The minimum Gasteiger partial charge on any atom is -0.268 e. The van der Waals surface area contributed by atoms with Gasteiger partial charge in [0.15, 0.2) is 0 Å². The highest BCUT2D eigenvalue weighted by Gasteiger charge is 2.14. The second kappa shape index (κ2) is 4.78. The van der Waals surface area contributed by atoms with Gasteiger partial charge in [0.2, 0.25) is 0 Å². The van der Waals surface area contributed by atoms with E-state index in [9.17, 15) is 4.39 Å². The first kappa shape index (κ1) is 12.6. The van der Waals surface area contributed by atoms with E-state index in [0.717, 1.165) is 16.7 Å². The third kappa shape index (κ3) is 2.38. The van der Waals surface area contributed by atoms with Crippen LogP contribution in [0.5, 0.6) is 0 Å². The Labute approximate surface area is 113 Å². The van der Waals surface area contributed by atoms with Crippen molar-refractivity contribution in [3.8, 4) is 11.3 Å². The van der Waals surface area contributed by atoms with E-state index in [1.54, 1.807) is 6.07 Å². The van der Waals surface area contributed by atoms with Crippen molar-refractivity contribution in [1.29, 1.82) is 0 Å². The predicted octanol–water partition coefficient (Wildman–Crippen LogP) is 4.43. The lowest BCUT2D eigenvalue weighted by Crippen LogP contribution is -1.98. The maximum atomic E-state index is 13.3. The molecule has 0 radical (unpaired) electrons. The van der Waals surface area contributed by atoms with Gasteiger partial charge >= 0.3 is 0 Å². The molecule has 0 aliphatic heterocycles. The molecule has 17 heavy (non-hydrogen) atoms. The second-order valence-electron chi connectivity index (χ2n) is 3.72. The normalized spacial score (nSPS) is 10.9. The fraction of sp³-hybridized carbons (Fsp3) is 0.250. The van der Waals surface area contributed by atoms with Crippen LogP contribution in [0.3, 0.4) is 0 Å². The molecule has 0 unspecified atom stereocenters. The number of halogens is 3. The molecule has 5 heteroatoms. The van der Waals surface area contributed by atoms with E-state index in [2.05, 4.69) is 21.0 Å². The average Bonchev–Trinajstić information content (AvgIpc) is 2.54. The molecule has 2 nitrogen and oxygen atoms in total. The number of hydrogen-bond acceptors (Lipinski definition) is 1. The van der Waals surface area contributed by atoms with Crippen LogP contribution in [0.1, 0.15) is 12.6 Å². The molecule has 1 aromatic carbocycles. The molecule has 90 valence electrons. The standard InChI is InChI=1S/C12H11BrClFN2/c1-3-17-7(2)11(13)12(16-17)8-4-9(14)6-10(15)5-8/h4-6H,3H2,1-2H3. The summed E-state index contributed by atoms with van der Waals surface area (Å²) >= 11 is 9.32. The Morgan fingerprint density at radius 3 is 2.65 bits per heavy atom. The highest BCUT2D eigenvalue weighted by atomic mass is 79.9. The largest absolute Gasteiger partial charge is 0.268 e. The number of aryl methyl sites for hydroxylation is 1. The Kier molecular flexibility index (Phi) is 3.54. The lowest BCUT2D eigenvalue weighted by molar-refractivity contribution is 0.627. The van der Waals surface area contributed by atoms with Crippen LogP contribution in [0.25, 0.3) is 11.3 Å². The van der Waals surface area contributed by atoms with Crippen molar-refractivity contribution in [3.05, 3.63) is 39.2 Å². The van der Waals surface area contributed by atoms with Gasteiger partial charge in [0.1, 0.15) is 11.5 Å². The number of benzene rings is 1. The van der Waals surface area contributed by atoms with E-state index in [1.165, 1.54) is 12.1 Å². The average molecular weight is 318 g/mol. The van der Waals surface area contributed by atoms with E-state index in [-0.39, 0.29) is 5.82 Å². The smallest absolute Gasteiger partial charge is 0.125 e. The minimum absolute atomic E-state index is 0.358. The molecule has 0 saturated heterocycles. The van der Waals surface area contributed by atoms with Crippen LogP contribution in [0.15, 0.2) is 22.7 Å². The summed E-state index contributed by atoms with van der Waals surface area (Å²) in [5.74, 6) is -0.358. The molecule has 1 aromatic heterocycles. The lowest BCUT2D eigenvalue weighted by Gasteiger charge is -1.99. The zero-order valence-electron chi connectivity index (χ0n) is 9.47. The van der Waals surface area contributed by atoms with E-state index in [0.29, 0.717) is 16.3 Å². The summed E-state index contributed by atoms with van der Waals surface area (Å²) in [4.78, 5) is 0. The number of aromatic nitrogens is 2. The molecule has 2 rings (SSSR count). The molecule has 0 bridgehead atoms. The van der Waals surface area contributed by atoms with Gasteiger partial charge in [0.05, 0.1) is 10.2 Å². The predicted molar refractivity (Wildman–Crippen MR) is 70.7 cm³/mol. The summed E-state index contributed by atoms with van der Waals surface area (Å²) in [5.41, 5.74) is 2.41. The SMILES string of the molecule is CCn1nc(-c2cc(F)cc(Cl)c2)c(Br)c1C. The van der Waals surface area contributed by atoms with Crippen LogP contribution < -0.4 is 0 Å². The highest BCUT2D eigenvalue weighted by molar-refractivity contribution is 9.10. The zero-order valence-corrected chi connectivity index (χ0v) is 11.8. The number of rotatable bonds is 2. The lowest BCUT2D eigenvalue weighted by atomic mass is 10.1. The molecule has 0 spiro atoms. The summed E-state index contributed by atoms with van der Waals surface area (Å²) in [5, 5.41) is 4.80. The van der Waals surface area contributed by atoms with Crippen molar-refractivity contribution >= 4 is 27.5 Å². The molecule has 0 aliphatic rings. The fourth-order valence-corrected chi connectivity index (χ4v) is 2.44. The van der Waals surface area contributed by atoms with Crippen molar-refractivity contribution in [2.24, 2.45) is 0 Å². The molecular formula is C12H11BrClFN2. The summed E-state index contributed by atoms with van der Waals surface area (Å²) in [6.07, 6.45) is 0. The molecular weight excluding hydrogens is 307 g/mol. The first-order valence-corrected chi connectivity index (χ1v) is 6.39. The first-order valence-electron chi connectivity index (χ1n) is 5.22. The monoisotopic (exact) mass is 316 g/mol. The highest BCUT2D eigenvalue weighted by Crippen LogP contribution is 2.31. The Morgan fingerprint density at radius 1 is 1.41 bits per heavy atom. The van der Waals surface area contributed by atoms with Gasteiger partial charge < -0.3 is 0 Å². The molecule has 2 aromatic rings. The van der Waals surface area contributed by atoms with Gasteiger partial charge in [-0.2, -0.15) is 5.10 Å². The van der Waals surface area contributed by atoms with E-state index < -0.39 is 0 Å². The van der Waals surface area contributed by atoms with Crippen LogP contribution in [0.2, 0.25) is 5.02 Å². The summed E-state index contributed by atoms with van der Waals surface area (Å²) < 4.78 is 16.0. The van der Waals surface area contributed by atoms with E-state index in [4.69, 9.17) is 11.6 Å². The molecule has 1 heterocycles. The first-order chi connectivity index (χ1) is 8.02. The van der Waals surface area contributed by atoms with E-state index >= 15 is 0 Å². The van der Waals surface area contributed by atoms with Crippen LogP contribution in [0, 0.1) is 12.7 Å². The van der Waals surface area contributed by atoms with Crippen LogP contribution in [-0.2, 0) is 6.54 Å². The molecule has 0 amide bonds. The summed E-state index contributed by atoms with van der Waals surface area (Å²) in [6.45, 7) is 4.74. The van der Waals surface area contributed by atoms with Gasteiger partial charge in [-0.1, -0.05) is 11.6 Å². The Hall–Kier alpha value is -0.870. The summed E-state index contributed by atoms with van der Waals surface area (Å²) in [7, 11) is 0. The third-order valence-electron chi connectivity index (χ3n) is 2.57. The zero-order chi connectivity index (χ0) is 12.6.